The van der Waals surface area contributed by atoms with Crippen LogP contribution in [-0.4, -0.2) is 11.7 Å². The predicted octanol–water partition coefficient (Wildman–Crippen LogP) is 4.12. The van der Waals surface area contributed by atoms with E-state index < -0.39 is 6.10 Å². The maximum Gasteiger partial charge on any atom is 0.119 e. The molecule has 3 heteroatoms. The molecule has 19 heavy (non-hydrogen) atoms. The first-order chi connectivity index (χ1) is 9.19. The van der Waals surface area contributed by atoms with E-state index in [4.69, 9.17) is 4.74 Å². The van der Waals surface area contributed by atoms with Crippen LogP contribution in [-0.2, 0) is 6.42 Å². The second kappa shape index (κ2) is 6.73. The maximum absolute atomic E-state index is 10.3. The number of aliphatic hydroxyl groups excluding tert-OH is 1. The number of hydrogen-bond acceptors (Lipinski definition) is 2. The van der Waals surface area contributed by atoms with E-state index >= 15 is 0 Å². The Bertz CT molecular complexity index is 540. The first-order valence-electron chi connectivity index (χ1n) is 6.34. The zero-order chi connectivity index (χ0) is 13.7. The molecule has 0 amide bonds. The number of halogens is 1. The molecule has 0 spiro atoms. The summed E-state index contributed by atoms with van der Waals surface area (Å²) in [6.07, 6.45) is 0.0735. The fourth-order valence-electron chi connectivity index (χ4n) is 1.98. The predicted molar refractivity (Wildman–Crippen MR) is 80.4 cm³/mol. The summed E-state index contributed by atoms with van der Waals surface area (Å²) in [6, 6.07) is 15.6. The molecule has 1 N–H and O–H groups in total. The van der Waals surface area contributed by atoms with Crippen LogP contribution < -0.4 is 4.74 Å². The molecule has 2 rings (SSSR count). The van der Waals surface area contributed by atoms with E-state index in [1.165, 1.54) is 0 Å². The molecule has 0 aliphatic carbocycles. The van der Waals surface area contributed by atoms with Crippen LogP contribution in [0.1, 0.15) is 24.2 Å². The van der Waals surface area contributed by atoms with Crippen molar-refractivity contribution in [2.24, 2.45) is 0 Å². The van der Waals surface area contributed by atoms with Gasteiger partial charge in [-0.3, -0.25) is 0 Å². The van der Waals surface area contributed by atoms with Crippen molar-refractivity contribution in [3.8, 4) is 5.75 Å². The molecule has 0 aromatic heterocycles. The summed E-state index contributed by atoms with van der Waals surface area (Å²) in [7, 11) is 0. The summed E-state index contributed by atoms with van der Waals surface area (Å²) in [4.78, 5) is 0. The molecule has 0 saturated heterocycles. The summed E-state index contributed by atoms with van der Waals surface area (Å²) in [5.41, 5.74) is 1.98. The summed E-state index contributed by atoms with van der Waals surface area (Å²) in [6.45, 7) is 2.58. The number of ether oxygens (including phenoxy) is 1. The highest BCUT2D eigenvalue weighted by molar-refractivity contribution is 9.10. The highest BCUT2D eigenvalue weighted by atomic mass is 79.9. The molecular formula is C16H17BrO2. The number of hydrogen-bond donors (Lipinski definition) is 1. The minimum Gasteiger partial charge on any atom is -0.494 e. The van der Waals surface area contributed by atoms with Gasteiger partial charge in [0.15, 0.2) is 0 Å². The van der Waals surface area contributed by atoms with Gasteiger partial charge in [-0.25, -0.2) is 0 Å². The lowest BCUT2D eigenvalue weighted by Gasteiger charge is -2.13. The molecule has 2 aromatic carbocycles. The Labute approximate surface area is 122 Å². The third kappa shape index (κ3) is 4.08. The van der Waals surface area contributed by atoms with Gasteiger partial charge in [-0.05, 0) is 42.3 Å². The number of benzene rings is 2. The molecule has 0 radical (unpaired) electrons. The van der Waals surface area contributed by atoms with Crippen LogP contribution in [0.5, 0.6) is 5.75 Å². The van der Waals surface area contributed by atoms with Gasteiger partial charge in [0.1, 0.15) is 5.75 Å². The first kappa shape index (κ1) is 14.1. The molecule has 0 fully saturated rings. The van der Waals surface area contributed by atoms with Gasteiger partial charge >= 0.3 is 0 Å². The SMILES string of the molecule is CCOc1cccc(C(O)Cc2cccc(Br)c2)c1. The van der Waals surface area contributed by atoms with Crippen molar-refractivity contribution in [2.45, 2.75) is 19.4 Å². The van der Waals surface area contributed by atoms with E-state index in [2.05, 4.69) is 15.9 Å². The van der Waals surface area contributed by atoms with Gasteiger partial charge in [-0.2, -0.15) is 0 Å². The standard InChI is InChI=1S/C16H17BrO2/c1-2-19-15-8-4-6-13(11-15)16(18)10-12-5-3-7-14(17)9-12/h3-9,11,16,18H,2,10H2,1H3. The second-order valence-electron chi connectivity index (χ2n) is 4.36. The van der Waals surface area contributed by atoms with E-state index in [1.807, 2.05) is 55.5 Å². The average molecular weight is 321 g/mol. The molecule has 0 bridgehead atoms. The average Bonchev–Trinajstić information content (AvgIpc) is 2.39. The van der Waals surface area contributed by atoms with Crippen LogP contribution in [0.25, 0.3) is 0 Å². The third-order valence-electron chi connectivity index (χ3n) is 2.87. The van der Waals surface area contributed by atoms with Gasteiger partial charge in [-0.15, -0.1) is 0 Å². The maximum atomic E-state index is 10.3. The zero-order valence-corrected chi connectivity index (χ0v) is 12.4. The molecule has 0 aliphatic heterocycles. The van der Waals surface area contributed by atoms with E-state index in [0.29, 0.717) is 13.0 Å². The van der Waals surface area contributed by atoms with Gasteiger partial charge in [0.25, 0.3) is 0 Å². The van der Waals surface area contributed by atoms with Crippen molar-refractivity contribution in [1.29, 1.82) is 0 Å². The smallest absolute Gasteiger partial charge is 0.119 e. The minimum absolute atomic E-state index is 0.519. The Kier molecular flexibility index (Phi) is 5.00. The van der Waals surface area contributed by atoms with Crippen LogP contribution in [0, 0.1) is 0 Å². The summed E-state index contributed by atoms with van der Waals surface area (Å²) >= 11 is 3.44. The molecule has 0 saturated carbocycles. The van der Waals surface area contributed by atoms with Crippen LogP contribution in [0.15, 0.2) is 53.0 Å². The fraction of sp³-hybridized carbons (Fsp3) is 0.250. The van der Waals surface area contributed by atoms with Crippen molar-refractivity contribution in [3.63, 3.8) is 0 Å². The Morgan fingerprint density at radius 3 is 2.68 bits per heavy atom. The first-order valence-corrected chi connectivity index (χ1v) is 7.13. The van der Waals surface area contributed by atoms with E-state index in [0.717, 1.165) is 21.3 Å². The summed E-state index contributed by atoms with van der Waals surface area (Å²) < 4.78 is 6.48. The molecular weight excluding hydrogens is 304 g/mol. The van der Waals surface area contributed by atoms with Gasteiger partial charge in [0.05, 0.1) is 12.7 Å². The molecule has 100 valence electrons. The molecule has 0 aliphatic rings. The lowest BCUT2D eigenvalue weighted by atomic mass is 10.0. The Morgan fingerprint density at radius 1 is 1.16 bits per heavy atom. The summed E-state index contributed by atoms with van der Waals surface area (Å²) in [5, 5.41) is 10.3. The van der Waals surface area contributed by atoms with Crippen molar-refractivity contribution in [1.82, 2.24) is 0 Å². The van der Waals surface area contributed by atoms with Crippen molar-refractivity contribution in [2.75, 3.05) is 6.61 Å². The normalized spacial score (nSPS) is 12.2. The van der Waals surface area contributed by atoms with E-state index in [9.17, 15) is 5.11 Å². The Morgan fingerprint density at radius 2 is 1.95 bits per heavy atom. The largest absolute Gasteiger partial charge is 0.494 e. The monoisotopic (exact) mass is 320 g/mol. The third-order valence-corrected chi connectivity index (χ3v) is 3.37. The van der Waals surface area contributed by atoms with Gasteiger partial charge in [0, 0.05) is 10.9 Å². The molecule has 1 atom stereocenters. The molecule has 0 heterocycles. The Hall–Kier alpha value is -1.32. The lowest BCUT2D eigenvalue weighted by molar-refractivity contribution is 0.178. The van der Waals surface area contributed by atoms with Crippen molar-refractivity contribution < 1.29 is 9.84 Å². The van der Waals surface area contributed by atoms with E-state index in [-0.39, 0.29) is 0 Å². The highest BCUT2D eigenvalue weighted by Crippen LogP contribution is 2.23. The number of rotatable bonds is 5. The second-order valence-corrected chi connectivity index (χ2v) is 5.27. The van der Waals surface area contributed by atoms with Gasteiger partial charge in [0.2, 0.25) is 0 Å². The van der Waals surface area contributed by atoms with Gasteiger partial charge in [-0.1, -0.05) is 40.2 Å². The highest BCUT2D eigenvalue weighted by Gasteiger charge is 2.09. The molecule has 2 aromatic rings. The van der Waals surface area contributed by atoms with Crippen LogP contribution in [0.3, 0.4) is 0 Å². The zero-order valence-electron chi connectivity index (χ0n) is 10.8. The quantitative estimate of drug-likeness (QED) is 0.897. The van der Waals surface area contributed by atoms with Crippen LogP contribution in [0.4, 0.5) is 0 Å². The number of aliphatic hydroxyl groups is 1. The van der Waals surface area contributed by atoms with Crippen LogP contribution >= 0.6 is 15.9 Å². The fourth-order valence-corrected chi connectivity index (χ4v) is 2.43. The summed E-state index contributed by atoms with van der Waals surface area (Å²) in [5.74, 6) is 0.799. The minimum atomic E-state index is -0.519. The molecule has 1 unspecified atom stereocenters. The van der Waals surface area contributed by atoms with Gasteiger partial charge < -0.3 is 9.84 Å². The lowest BCUT2D eigenvalue weighted by Crippen LogP contribution is -2.02. The van der Waals surface area contributed by atoms with E-state index in [1.54, 1.807) is 0 Å². The van der Waals surface area contributed by atoms with Crippen molar-refractivity contribution in [3.05, 3.63) is 64.1 Å². The van der Waals surface area contributed by atoms with Crippen LogP contribution in [0.2, 0.25) is 0 Å². The Balaban J connectivity index is 2.11. The molecule has 2 nitrogen and oxygen atoms in total. The topological polar surface area (TPSA) is 29.5 Å². The van der Waals surface area contributed by atoms with Crippen molar-refractivity contribution >= 4 is 15.9 Å².